The number of unbranched alkanes of at least 4 members (excludes halogenated alkanes) is 2. The third kappa shape index (κ3) is 39.3. The van der Waals surface area contributed by atoms with Crippen molar-refractivity contribution in [3.63, 3.8) is 0 Å². The van der Waals surface area contributed by atoms with Crippen molar-refractivity contribution in [2.45, 2.75) is 215 Å². The molecule has 0 aromatic carbocycles. The highest BCUT2D eigenvalue weighted by atomic mass is 16.4. The molecule has 1 fully saturated rings. The molecule has 0 unspecified atom stereocenters. The first kappa shape index (κ1) is 93.3. The van der Waals surface area contributed by atoms with Gasteiger partial charge in [-0.05, 0) is 149 Å². The first-order valence-electron chi connectivity index (χ1n) is 34.9. The molecule has 39 N–H and O–H groups in total. The van der Waals surface area contributed by atoms with Gasteiger partial charge in [0.2, 0.25) is 70.9 Å². The lowest BCUT2D eigenvalue weighted by atomic mass is 10.0. The minimum atomic E-state index is -1.57. The molecule has 0 aromatic rings. The predicted molar refractivity (Wildman–Crippen MR) is 389 cm³/mol. The van der Waals surface area contributed by atoms with Crippen LogP contribution >= 0.6 is 0 Å². The van der Waals surface area contributed by atoms with Crippen LogP contribution in [0.4, 0.5) is 4.79 Å². The number of carbonyl (C=O) groups excluding carboxylic acids is 13. The van der Waals surface area contributed by atoms with Crippen LogP contribution in [-0.4, -0.2) is 253 Å². The molecule has 1 aliphatic heterocycles. The van der Waals surface area contributed by atoms with E-state index in [2.05, 4.69) is 78.5 Å². The molecule has 0 aliphatic carbocycles. The number of carbonyl (C=O) groups is 14. The summed E-state index contributed by atoms with van der Waals surface area (Å²) >= 11 is 0. The molecule has 1 heterocycles. The molecule has 0 saturated carbocycles. The monoisotopic (exact) mass is 1510 g/mol. The van der Waals surface area contributed by atoms with E-state index in [0.29, 0.717) is 19.3 Å². The number of guanidine groups is 4. The van der Waals surface area contributed by atoms with Gasteiger partial charge >= 0.3 is 12.0 Å². The molecule has 1 saturated heterocycles. The normalized spacial score (nSPS) is 15.4. The summed E-state index contributed by atoms with van der Waals surface area (Å²) in [5, 5.41) is 47.0. The Morgan fingerprint density at radius 1 is 0.425 bits per heavy atom. The number of hydrogen-bond acceptors (Lipinski definition) is 22. The topological polar surface area (TPSA) is 803 Å². The van der Waals surface area contributed by atoms with Gasteiger partial charge in [-0.1, -0.05) is 0 Å². The van der Waals surface area contributed by atoms with Gasteiger partial charge in [-0.15, -0.1) is 0 Å². The molecule has 0 bridgehead atoms. The van der Waals surface area contributed by atoms with Gasteiger partial charge in [0.25, 0.3) is 0 Å². The highest BCUT2D eigenvalue weighted by Crippen LogP contribution is 2.20. The molecule has 0 aromatic heterocycles. The van der Waals surface area contributed by atoms with Gasteiger partial charge in [-0.3, -0.25) is 82.3 Å². The predicted octanol–water partition coefficient (Wildman–Crippen LogP) is -11.5. The minimum absolute atomic E-state index is 0.00786. The quantitative estimate of drug-likeness (QED) is 0.0153. The summed E-state index contributed by atoms with van der Waals surface area (Å²) in [5.41, 5.74) is 72.6. The lowest BCUT2D eigenvalue weighted by molar-refractivity contribution is -0.142. The van der Waals surface area contributed by atoms with Crippen molar-refractivity contribution < 1.29 is 77.3 Å². The number of carboxylic acids is 1. The molecule has 600 valence electrons. The van der Waals surface area contributed by atoms with E-state index >= 15 is 0 Å². The van der Waals surface area contributed by atoms with Crippen molar-refractivity contribution in [1.82, 2.24) is 63.4 Å². The zero-order valence-electron chi connectivity index (χ0n) is 60.3. The van der Waals surface area contributed by atoms with Crippen LogP contribution in [0.1, 0.15) is 142 Å². The summed E-state index contributed by atoms with van der Waals surface area (Å²) in [4.78, 5) is 207. The highest BCUT2D eigenvalue weighted by Gasteiger charge is 2.40. The smallest absolute Gasteiger partial charge is 0.322 e. The molecule has 14 amide bonds. The van der Waals surface area contributed by atoms with Crippen LogP contribution in [0.3, 0.4) is 0 Å². The van der Waals surface area contributed by atoms with Gasteiger partial charge in [0.1, 0.15) is 73.0 Å². The number of nitrogens with two attached hydrogens (primary N) is 13. The van der Waals surface area contributed by atoms with Crippen molar-refractivity contribution in [3.05, 3.63) is 0 Å². The van der Waals surface area contributed by atoms with E-state index in [9.17, 15) is 77.3 Å². The zero-order chi connectivity index (χ0) is 80.0. The lowest BCUT2D eigenvalue weighted by Gasteiger charge is -2.29. The van der Waals surface area contributed by atoms with E-state index in [4.69, 9.17) is 74.5 Å². The number of amides is 14. The maximum absolute atomic E-state index is 14.8. The van der Waals surface area contributed by atoms with E-state index in [1.807, 2.05) is 0 Å². The molecule has 0 spiro atoms. The molecule has 106 heavy (non-hydrogen) atoms. The van der Waals surface area contributed by atoms with Crippen molar-refractivity contribution in [2.24, 2.45) is 94.5 Å². The summed E-state index contributed by atoms with van der Waals surface area (Å²) < 4.78 is 0. The van der Waals surface area contributed by atoms with Gasteiger partial charge < -0.3 is 148 Å². The molecule has 45 nitrogen and oxygen atoms in total. The third-order valence-electron chi connectivity index (χ3n) is 16.2. The second kappa shape index (κ2) is 51.5. The van der Waals surface area contributed by atoms with Crippen molar-refractivity contribution >= 4 is 107 Å². The van der Waals surface area contributed by atoms with Gasteiger partial charge in [-0.2, -0.15) is 0 Å². The van der Waals surface area contributed by atoms with Crippen LogP contribution in [0.25, 0.3) is 0 Å². The summed E-state index contributed by atoms with van der Waals surface area (Å²) in [6, 6.07) is -16.8. The first-order valence-corrected chi connectivity index (χ1v) is 34.9. The van der Waals surface area contributed by atoms with Crippen LogP contribution in [0.2, 0.25) is 0 Å². The number of aliphatic hydroxyl groups is 1. The van der Waals surface area contributed by atoms with E-state index < -0.39 is 168 Å². The van der Waals surface area contributed by atoms with Crippen LogP contribution in [0.5, 0.6) is 0 Å². The van der Waals surface area contributed by atoms with Crippen molar-refractivity contribution in [2.75, 3.05) is 58.9 Å². The summed E-state index contributed by atoms with van der Waals surface area (Å²) in [6.07, 6.45) is -1.24. The Hall–Kier alpha value is -10.7. The Labute approximate surface area is 613 Å². The number of aliphatic imine (C=N–C) groups is 4. The number of rotatable bonds is 54. The van der Waals surface area contributed by atoms with E-state index in [0.717, 1.165) is 0 Å². The Morgan fingerprint density at radius 3 is 1.08 bits per heavy atom. The highest BCUT2D eigenvalue weighted by molar-refractivity contribution is 5.99. The third-order valence-corrected chi connectivity index (χ3v) is 16.2. The molecule has 45 heteroatoms. The fourth-order valence-electron chi connectivity index (χ4n) is 10.5. The summed E-state index contributed by atoms with van der Waals surface area (Å²) in [7, 11) is 0. The first-order chi connectivity index (χ1) is 50.0. The lowest BCUT2D eigenvalue weighted by Crippen LogP contribution is -2.60. The SMILES string of the molecule is C[C@H](NC(=O)[C@H](CCCN=C(N)N)NC(=O)[C@H](CCC(N)=O)NC(=O)[C@@H]1CCCN1C(=O)[C@@H](N)[C@@H](C)O)C(=O)N[C@@H](CCCN=C(N)N)C(=O)N[C@@H](CCCN=C(N)N)C(=O)N[C@@H](CCCN=C(N)N)C(=O)N[C@@H](CCCCN)C(=O)N[C@@H](CCCCN)C(=O)N[C@@H](CCCNC(N)=O)C(=O)NCC(=O)O. The zero-order valence-corrected chi connectivity index (χ0v) is 60.3. The molecule has 1 rings (SSSR count). The number of carboxylic acid groups (broad SMARTS) is 1. The van der Waals surface area contributed by atoms with Crippen LogP contribution in [0.15, 0.2) is 20.0 Å². The molecular formula is C61H115N29O16. The Bertz CT molecular complexity index is 3020. The molecule has 12 atom stereocenters. The van der Waals surface area contributed by atoms with Gasteiger partial charge in [0.15, 0.2) is 23.8 Å². The molecule has 0 radical (unpaired) electrons. The van der Waals surface area contributed by atoms with Gasteiger partial charge in [-0.25, -0.2) is 4.79 Å². The Morgan fingerprint density at radius 2 is 0.755 bits per heavy atom. The second-order valence-electron chi connectivity index (χ2n) is 25.1. The van der Waals surface area contributed by atoms with Crippen molar-refractivity contribution in [3.8, 4) is 0 Å². The average molecular weight is 1510 g/mol. The number of nitrogens with one attached hydrogen (secondary N) is 11. The number of hydrogen-bond donors (Lipinski definition) is 26. The fourth-order valence-corrected chi connectivity index (χ4v) is 10.5. The maximum Gasteiger partial charge on any atom is 0.322 e. The van der Waals surface area contributed by atoms with Gasteiger partial charge in [0.05, 0.1) is 6.10 Å². The molecular weight excluding hydrogens is 1390 g/mol. The Kier molecular flexibility index (Phi) is 45.3. The Balaban J connectivity index is 3.83. The number of aliphatic carboxylic acids is 1. The fraction of sp³-hybridized carbons (Fsp3) is 0.705. The number of urea groups is 1. The van der Waals surface area contributed by atoms with Crippen molar-refractivity contribution in [1.29, 1.82) is 0 Å². The number of primary amides is 2. The van der Waals surface area contributed by atoms with Crippen LogP contribution in [-0.2, 0) is 62.3 Å². The summed E-state index contributed by atoms with van der Waals surface area (Å²) in [5.74, 6) is -13.6. The number of nitrogens with zero attached hydrogens (tertiary/aromatic N) is 5. The number of aliphatic hydroxyl groups excluding tert-OH is 1. The van der Waals surface area contributed by atoms with Crippen LogP contribution in [0, 0.1) is 0 Å². The summed E-state index contributed by atoms with van der Waals surface area (Å²) in [6.45, 7) is 1.88. The molecule has 1 aliphatic rings. The van der Waals surface area contributed by atoms with E-state index in [1.54, 1.807) is 0 Å². The standard InChI is InChI=1S/C61H115N29O16/c1-32(81-48(97)37(16-7-25-75-57(66)67)86-54(103)41(21-22-43(64)92)89-55(104)42-20-12-30-90(42)56(105)45(65)33(2)91)46(95)82-38(17-8-26-76-58(68)69)51(100)87-40(19-10-28-78-60(72)73)53(102)88-39(18-9-27-77-59(70)71)52(101)85-36(14-4-6-24-63)50(99)84-35(13-3-5-23-62)49(98)83-34(15-11-29-79-61(74)106)47(96)80-31-44(93)94/h32-42,45,91H,3-31,62-63,65H2,1-2H3,(H2,64,92)(H,80,96)(H,81,97)(H,82,95)(H,83,98)(H,84,99)(H,85,101)(H,86,103)(H,87,100)(H,88,102)(H,89,104)(H,93,94)(H4,66,67,75)(H4,68,69,76)(H4,70,71,77)(H4,72,73,78)(H3,74,79,106)/t32-,33+,34-,35-,36-,37-,38-,39-,40-,41-,42-,45-/m0/s1. The van der Waals surface area contributed by atoms with E-state index in [-0.39, 0.29) is 179 Å². The number of likely N-dealkylation sites (tertiary alicyclic amines) is 1. The largest absolute Gasteiger partial charge is 0.480 e. The minimum Gasteiger partial charge on any atom is -0.480 e. The average Bonchev–Trinajstić information content (AvgIpc) is 1.64. The van der Waals surface area contributed by atoms with Gasteiger partial charge in [0, 0.05) is 45.7 Å². The van der Waals surface area contributed by atoms with E-state index in [1.165, 1.54) is 18.7 Å². The maximum atomic E-state index is 14.8. The second-order valence-corrected chi connectivity index (χ2v) is 25.1. The van der Waals surface area contributed by atoms with Crippen LogP contribution < -0.4 is 133 Å².